The maximum Gasteiger partial charge on any atom is 0.125 e. The maximum absolute atomic E-state index is 5.84. The summed E-state index contributed by atoms with van der Waals surface area (Å²) in [7, 11) is 1.94. The van der Waals surface area contributed by atoms with E-state index in [-0.39, 0.29) is 6.04 Å². The molecule has 3 nitrogen and oxygen atoms in total. The average molecular weight is 273 g/mol. The monoisotopic (exact) mass is 273 g/mol. The molecule has 1 unspecified atom stereocenters. The van der Waals surface area contributed by atoms with Crippen molar-refractivity contribution in [2.75, 3.05) is 13.7 Å². The van der Waals surface area contributed by atoms with Crippen LogP contribution in [-0.2, 0) is 6.42 Å². The van der Waals surface area contributed by atoms with E-state index >= 15 is 0 Å². The Morgan fingerprint density at radius 3 is 2.40 bits per heavy atom. The maximum atomic E-state index is 5.84. The van der Waals surface area contributed by atoms with E-state index in [2.05, 4.69) is 31.3 Å². The summed E-state index contributed by atoms with van der Waals surface area (Å²) in [6, 6.07) is 12.4. The first-order valence-electron chi connectivity index (χ1n) is 7.27. The Balaban J connectivity index is 2.14. The molecular weight excluding hydrogens is 250 g/mol. The Morgan fingerprint density at radius 2 is 1.85 bits per heavy atom. The highest BCUT2D eigenvalue weighted by molar-refractivity contribution is 5.33. The molecule has 0 amide bonds. The summed E-state index contributed by atoms with van der Waals surface area (Å²) in [5.74, 6) is 2.88. The van der Waals surface area contributed by atoms with Crippen molar-refractivity contribution < 1.29 is 9.15 Å². The summed E-state index contributed by atoms with van der Waals surface area (Å²) in [5.41, 5.74) is 1.17. The molecule has 3 heteroatoms. The van der Waals surface area contributed by atoms with Gasteiger partial charge in [0.25, 0.3) is 0 Å². The minimum absolute atomic E-state index is 0.0792. The Labute approximate surface area is 121 Å². The molecule has 0 radical (unpaired) electrons. The van der Waals surface area contributed by atoms with Gasteiger partial charge in [0, 0.05) is 6.42 Å². The third kappa shape index (κ3) is 3.42. The summed E-state index contributed by atoms with van der Waals surface area (Å²) >= 11 is 0. The zero-order chi connectivity index (χ0) is 14.4. The van der Waals surface area contributed by atoms with Crippen molar-refractivity contribution in [3.05, 3.63) is 53.5 Å². The molecule has 2 aromatic rings. The molecule has 2 rings (SSSR count). The van der Waals surface area contributed by atoms with Crippen LogP contribution < -0.4 is 10.1 Å². The van der Waals surface area contributed by atoms with Gasteiger partial charge < -0.3 is 14.5 Å². The number of nitrogens with one attached hydrogen (secondary N) is 1. The van der Waals surface area contributed by atoms with Gasteiger partial charge in [-0.05, 0) is 43.3 Å². The lowest BCUT2D eigenvalue weighted by atomic mass is 10.0. The summed E-state index contributed by atoms with van der Waals surface area (Å²) < 4.78 is 11.4. The van der Waals surface area contributed by atoms with Crippen molar-refractivity contribution in [3.63, 3.8) is 0 Å². The molecule has 1 aromatic heterocycles. The fraction of sp³-hybridized carbons (Fsp3) is 0.412. The lowest BCUT2D eigenvalue weighted by Gasteiger charge is -2.15. The van der Waals surface area contributed by atoms with Gasteiger partial charge in [0.05, 0.1) is 12.6 Å². The first-order chi connectivity index (χ1) is 9.78. The van der Waals surface area contributed by atoms with Crippen LogP contribution in [0.2, 0.25) is 0 Å². The molecule has 108 valence electrons. The first kappa shape index (κ1) is 14.7. The van der Waals surface area contributed by atoms with Gasteiger partial charge in [-0.15, -0.1) is 0 Å². The van der Waals surface area contributed by atoms with E-state index < -0.39 is 0 Å². The third-order valence-electron chi connectivity index (χ3n) is 3.29. The van der Waals surface area contributed by atoms with Crippen LogP contribution in [0.3, 0.4) is 0 Å². The number of furan rings is 1. The normalized spacial score (nSPS) is 12.3. The Bertz CT molecular complexity index is 516. The highest BCUT2D eigenvalue weighted by atomic mass is 16.5. The third-order valence-corrected chi connectivity index (χ3v) is 3.29. The van der Waals surface area contributed by atoms with Crippen molar-refractivity contribution >= 4 is 0 Å². The van der Waals surface area contributed by atoms with Crippen LogP contribution in [0.25, 0.3) is 0 Å². The molecule has 0 fully saturated rings. The topological polar surface area (TPSA) is 34.4 Å². The summed E-state index contributed by atoms with van der Waals surface area (Å²) in [6.07, 6.45) is 1.94. The van der Waals surface area contributed by atoms with Gasteiger partial charge in [-0.25, -0.2) is 0 Å². The average Bonchev–Trinajstić information content (AvgIpc) is 2.96. The van der Waals surface area contributed by atoms with Crippen LogP contribution in [0.1, 0.15) is 43.4 Å². The number of hydrogen-bond donors (Lipinski definition) is 1. The number of ether oxygens (including phenoxy) is 1. The number of hydrogen-bond acceptors (Lipinski definition) is 3. The molecule has 1 aromatic carbocycles. The lowest BCUT2D eigenvalue weighted by molar-refractivity contribution is 0.317. The zero-order valence-corrected chi connectivity index (χ0v) is 12.5. The summed E-state index contributed by atoms with van der Waals surface area (Å²) in [4.78, 5) is 0. The second-order valence-electron chi connectivity index (χ2n) is 4.80. The molecule has 1 heterocycles. The fourth-order valence-electron chi connectivity index (χ4n) is 2.19. The lowest BCUT2D eigenvalue weighted by Crippen LogP contribution is -2.16. The van der Waals surface area contributed by atoms with Crippen molar-refractivity contribution in [3.8, 4) is 5.75 Å². The van der Waals surface area contributed by atoms with Crippen LogP contribution in [-0.4, -0.2) is 13.7 Å². The van der Waals surface area contributed by atoms with Gasteiger partial charge in [-0.3, -0.25) is 0 Å². The van der Waals surface area contributed by atoms with Gasteiger partial charge in [0.1, 0.15) is 17.3 Å². The van der Waals surface area contributed by atoms with E-state index in [1.165, 1.54) is 5.56 Å². The van der Waals surface area contributed by atoms with Crippen LogP contribution in [0.4, 0.5) is 0 Å². The standard InChI is InChI=1S/C17H23NO2/c1-4-12-19-15-8-6-13(7-9-15)17(18-3)16-11-10-14(5-2)20-16/h6-11,17-18H,4-5,12H2,1-3H3. The zero-order valence-electron chi connectivity index (χ0n) is 12.5. The number of rotatable bonds is 7. The molecule has 0 aliphatic rings. The molecular formula is C17H23NO2. The van der Waals surface area contributed by atoms with Gasteiger partial charge in [-0.2, -0.15) is 0 Å². The van der Waals surface area contributed by atoms with Crippen molar-refractivity contribution in [2.24, 2.45) is 0 Å². The van der Waals surface area contributed by atoms with Gasteiger partial charge in [0.15, 0.2) is 0 Å². The van der Waals surface area contributed by atoms with Crippen LogP contribution >= 0.6 is 0 Å². The molecule has 1 atom stereocenters. The second-order valence-corrected chi connectivity index (χ2v) is 4.80. The molecule has 0 aliphatic carbocycles. The SMILES string of the molecule is CCCOc1ccc(C(NC)c2ccc(CC)o2)cc1. The predicted octanol–water partition coefficient (Wildman–Crippen LogP) is 3.94. The largest absolute Gasteiger partial charge is 0.494 e. The molecule has 0 saturated carbocycles. The summed E-state index contributed by atoms with van der Waals surface area (Å²) in [6.45, 7) is 4.96. The molecule has 0 saturated heterocycles. The predicted molar refractivity (Wildman–Crippen MR) is 81.2 cm³/mol. The van der Waals surface area contributed by atoms with E-state index in [4.69, 9.17) is 9.15 Å². The Hall–Kier alpha value is -1.74. The first-order valence-corrected chi connectivity index (χ1v) is 7.27. The molecule has 20 heavy (non-hydrogen) atoms. The van der Waals surface area contributed by atoms with Crippen molar-refractivity contribution in [2.45, 2.75) is 32.7 Å². The van der Waals surface area contributed by atoms with Crippen LogP contribution in [0.5, 0.6) is 5.75 Å². The smallest absolute Gasteiger partial charge is 0.125 e. The minimum Gasteiger partial charge on any atom is -0.494 e. The quantitative estimate of drug-likeness (QED) is 0.829. The Kier molecular flexibility index (Phi) is 5.24. The molecule has 0 bridgehead atoms. The van der Waals surface area contributed by atoms with E-state index in [9.17, 15) is 0 Å². The van der Waals surface area contributed by atoms with E-state index in [1.807, 2.05) is 31.3 Å². The van der Waals surface area contributed by atoms with Gasteiger partial charge in [-0.1, -0.05) is 26.0 Å². The van der Waals surface area contributed by atoms with Gasteiger partial charge in [0.2, 0.25) is 0 Å². The minimum atomic E-state index is 0.0792. The van der Waals surface area contributed by atoms with Crippen LogP contribution in [0, 0.1) is 0 Å². The van der Waals surface area contributed by atoms with Crippen molar-refractivity contribution in [1.82, 2.24) is 5.32 Å². The number of aryl methyl sites for hydroxylation is 1. The molecule has 0 aliphatic heterocycles. The van der Waals surface area contributed by atoms with E-state index in [0.717, 1.165) is 36.7 Å². The highest BCUT2D eigenvalue weighted by Crippen LogP contribution is 2.25. The Morgan fingerprint density at radius 1 is 1.10 bits per heavy atom. The number of benzene rings is 1. The fourth-order valence-corrected chi connectivity index (χ4v) is 2.19. The van der Waals surface area contributed by atoms with E-state index in [1.54, 1.807) is 0 Å². The molecule has 0 spiro atoms. The molecule has 1 N–H and O–H groups in total. The highest BCUT2D eigenvalue weighted by Gasteiger charge is 2.15. The van der Waals surface area contributed by atoms with E-state index in [0.29, 0.717) is 0 Å². The second kappa shape index (κ2) is 7.15. The van der Waals surface area contributed by atoms with Crippen molar-refractivity contribution in [1.29, 1.82) is 0 Å². The summed E-state index contributed by atoms with van der Waals surface area (Å²) in [5, 5.41) is 3.30. The van der Waals surface area contributed by atoms with Gasteiger partial charge >= 0.3 is 0 Å². The van der Waals surface area contributed by atoms with Crippen LogP contribution in [0.15, 0.2) is 40.8 Å².